The van der Waals surface area contributed by atoms with Crippen molar-refractivity contribution in [3.05, 3.63) is 72.3 Å². The number of imidazole rings is 1. The fraction of sp³-hybridized carbons (Fsp3) is 0.0588. The van der Waals surface area contributed by atoms with Gasteiger partial charge in [0.1, 0.15) is 0 Å². The monoisotopic (exact) mass is 259 g/mol. The minimum absolute atomic E-state index is 0.682. The van der Waals surface area contributed by atoms with Crippen LogP contribution < -0.4 is 0 Å². The van der Waals surface area contributed by atoms with Crippen LogP contribution in [0.4, 0.5) is 0 Å². The Balaban J connectivity index is 2.00. The van der Waals surface area contributed by atoms with Crippen molar-refractivity contribution in [2.24, 2.45) is 0 Å². The molecule has 0 bridgehead atoms. The van der Waals surface area contributed by atoms with Crippen LogP contribution in [0.1, 0.15) is 11.1 Å². The molecular weight excluding hydrogens is 246 g/mol. The molecule has 0 amide bonds. The zero-order chi connectivity index (χ0) is 13.9. The molecule has 1 aromatic heterocycles. The van der Waals surface area contributed by atoms with Crippen molar-refractivity contribution >= 4 is 0 Å². The van der Waals surface area contributed by atoms with Crippen molar-refractivity contribution in [1.29, 1.82) is 5.26 Å². The molecule has 20 heavy (non-hydrogen) atoms. The van der Waals surface area contributed by atoms with Crippen LogP contribution in [-0.2, 0) is 0 Å². The highest BCUT2D eigenvalue weighted by Gasteiger charge is 2.04. The Morgan fingerprint density at radius 1 is 1.10 bits per heavy atom. The number of benzene rings is 2. The van der Waals surface area contributed by atoms with Gasteiger partial charge in [0.25, 0.3) is 0 Å². The first-order valence-corrected chi connectivity index (χ1v) is 6.37. The van der Waals surface area contributed by atoms with Crippen molar-refractivity contribution in [2.75, 3.05) is 0 Å². The SMILES string of the molecule is Cc1cc(-n2ccnc2)ccc1-c1ccc(C#N)cc1. The summed E-state index contributed by atoms with van der Waals surface area (Å²) in [7, 11) is 0. The number of hydrogen-bond donors (Lipinski definition) is 0. The third kappa shape index (κ3) is 2.19. The van der Waals surface area contributed by atoms with Gasteiger partial charge < -0.3 is 4.57 Å². The molecule has 0 saturated heterocycles. The summed E-state index contributed by atoms with van der Waals surface area (Å²) in [6, 6.07) is 16.1. The zero-order valence-corrected chi connectivity index (χ0v) is 11.1. The van der Waals surface area contributed by atoms with E-state index in [1.165, 1.54) is 11.1 Å². The summed E-state index contributed by atoms with van der Waals surface area (Å²) >= 11 is 0. The molecule has 0 spiro atoms. The van der Waals surface area contributed by atoms with Gasteiger partial charge in [-0.1, -0.05) is 18.2 Å². The summed E-state index contributed by atoms with van der Waals surface area (Å²) < 4.78 is 1.98. The lowest BCUT2D eigenvalue weighted by Gasteiger charge is -2.09. The Kier molecular flexibility index (Phi) is 3.06. The standard InChI is InChI=1S/C17H13N3/c1-13-10-16(20-9-8-19-12-20)6-7-17(13)15-4-2-14(11-18)3-5-15/h2-10,12H,1H3. The van der Waals surface area contributed by atoms with Crippen LogP contribution in [0.15, 0.2) is 61.2 Å². The molecule has 2 aromatic carbocycles. The van der Waals surface area contributed by atoms with Gasteiger partial charge in [-0.25, -0.2) is 4.98 Å². The minimum atomic E-state index is 0.682. The van der Waals surface area contributed by atoms with Crippen LogP contribution in [0.3, 0.4) is 0 Å². The fourth-order valence-electron chi connectivity index (χ4n) is 2.27. The molecule has 3 heteroatoms. The van der Waals surface area contributed by atoms with Gasteiger partial charge in [0.2, 0.25) is 0 Å². The number of aromatic nitrogens is 2. The number of aryl methyl sites for hydroxylation is 1. The van der Waals surface area contributed by atoms with E-state index in [-0.39, 0.29) is 0 Å². The van der Waals surface area contributed by atoms with E-state index in [1.54, 1.807) is 12.5 Å². The molecular formula is C17H13N3. The molecule has 3 rings (SSSR count). The molecule has 96 valence electrons. The van der Waals surface area contributed by atoms with E-state index in [0.717, 1.165) is 11.3 Å². The average Bonchev–Trinajstić information content (AvgIpc) is 3.01. The lowest BCUT2D eigenvalue weighted by molar-refractivity contribution is 1.05. The minimum Gasteiger partial charge on any atom is -0.306 e. The van der Waals surface area contributed by atoms with Gasteiger partial charge in [0.05, 0.1) is 18.0 Å². The van der Waals surface area contributed by atoms with Gasteiger partial charge in [-0.05, 0) is 47.9 Å². The van der Waals surface area contributed by atoms with E-state index in [2.05, 4.69) is 36.2 Å². The number of rotatable bonds is 2. The quantitative estimate of drug-likeness (QED) is 0.703. The van der Waals surface area contributed by atoms with E-state index in [1.807, 2.05) is 35.0 Å². The Bertz CT molecular complexity index is 763. The highest BCUT2D eigenvalue weighted by Crippen LogP contribution is 2.25. The van der Waals surface area contributed by atoms with Crippen molar-refractivity contribution in [1.82, 2.24) is 9.55 Å². The van der Waals surface area contributed by atoms with Crippen LogP contribution in [0, 0.1) is 18.3 Å². The normalized spacial score (nSPS) is 10.2. The summed E-state index contributed by atoms with van der Waals surface area (Å²) in [5.41, 5.74) is 5.27. The molecule has 3 nitrogen and oxygen atoms in total. The van der Waals surface area contributed by atoms with Crippen LogP contribution in [-0.4, -0.2) is 9.55 Å². The molecule has 0 aliphatic heterocycles. The summed E-state index contributed by atoms with van der Waals surface area (Å²) in [5.74, 6) is 0. The highest BCUT2D eigenvalue weighted by molar-refractivity contribution is 5.69. The van der Waals surface area contributed by atoms with Crippen LogP contribution >= 0.6 is 0 Å². The van der Waals surface area contributed by atoms with E-state index in [4.69, 9.17) is 5.26 Å². The van der Waals surface area contributed by atoms with Crippen molar-refractivity contribution in [3.8, 4) is 22.9 Å². The molecule has 0 N–H and O–H groups in total. The molecule has 0 unspecified atom stereocenters. The Morgan fingerprint density at radius 2 is 1.90 bits per heavy atom. The molecule has 3 aromatic rings. The van der Waals surface area contributed by atoms with E-state index < -0.39 is 0 Å². The fourth-order valence-corrected chi connectivity index (χ4v) is 2.27. The van der Waals surface area contributed by atoms with Crippen molar-refractivity contribution in [2.45, 2.75) is 6.92 Å². The molecule has 0 aliphatic carbocycles. The summed E-state index contributed by atoms with van der Waals surface area (Å²) in [4.78, 5) is 4.06. The number of nitriles is 1. The van der Waals surface area contributed by atoms with Gasteiger partial charge in [-0.3, -0.25) is 0 Å². The maximum absolute atomic E-state index is 8.84. The zero-order valence-electron chi connectivity index (χ0n) is 11.1. The predicted octanol–water partition coefficient (Wildman–Crippen LogP) is 3.72. The highest BCUT2D eigenvalue weighted by atomic mass is 15.0. The second-order valence-electron chi connectivity index (χ2n) is 4.66. The maximum Gasteiger partial charge on any atom is 0.0991 e. The lowest BCUT2D eigenvalue weighted by atomic mass is 9.99. The van der Waals surface area contributed by atoms with E-state index >= 15 is 0 Å². The summed E-state index contributed by atoms with van der Waals surface area (Å²) in [6.07, 6.45) is 5.48. The Labute approximate surface area is 117 Å². The summed E-state index contributed by atoms with van der Waals surface area (Å²) in [5, 5.41) is 8.84. The molecule has 0 radical (unpaired) electrons. The third-order valence-corrected chi connectivity index (χ3v) is 3.34. The molecule has 0 saturated carbocycles. The number of nitrogens with zero attached hydrogens (tertiary/aromatic N) is 3. The summed E-state index contributed by atoms with van der Waals surface area (Å²) in [6.45, 7) is 2.09. The smallest absolute Gasteiger partial charge is 0.0991 e. The maximum atomic E-state index is 8.84. The first kappa shape index (κ1) is 12.2. The van der Waals surface area contributed by atoms with Gasteiger partial charge in [0.15, 0.2) is 0 Å². The van der Waals surface area contributed by atoms with Crippen molar-refractivity contribution < 1.29 is 0 Å². The van der Waals surface area contributed by atoms with E-state index in [0.29, 0.717) is 5.56 Å². The Hall–Kier alpha value is -2.86. The largest absolute Gasteiger partial charge is 0.306 e. The second-order valence-corrected chi connectivity index (χ2v) is 4.66. The average molecular weight is 259 g/mol. The number of hydrogen-bond acceptors (Lipinski definition) is 2. The van der Waals surface area contributed by atoms with Crippen LogP contribution in [0.25, 0.3) is 16.8 Å². The van der Waals surface area contributed by atoms with Crippen LogP contribution in [0.2, 0.25) is 0 Å². The topological polar surface area (TPSA) is 41.6 Å². The van der Waals surface area contributed by atoms with E-state index in [9.17, 15) is 0 Å². The first-order chi connectivity index (χ1) is 9.78. The lowest BCUT2D eigenvalue weighted by Crippen LogP contribution is -1.92. The van der Waals surface area contributed by atoms with Crippen molar-refractivity contribution in [3.63, 3.8) is 0 Å². The second kappa shape index (κ2) is 5.02. The predicted molar refractivity (Wildman–Crippen MR) is 78.5 cm³/mol. The van der Waals surface area contributed by atoms with Gasteiger partial charge in [0, 0.05) is 18.1 Å². The Morgan fingerprint density at radius 3 is 2.50 bits per heavy atom. The third-order valence-electron chi connectivity index (χ3n) is 3.34. The molecule has 0 atom stereocenters. The molecule has 0 fully saturated rings. The van der Waals surface area contributed by atoms with Gasteiger partial charge >= 0.3 is 0 Å². The molecule has 0 aliphatic rings. The van der Waals surface area contributed by atoms with Gasteiger partial charge in [-0.15, -0.1) is 0 Å². The van der Waals surface area contributed by atoms with Crippen LogP contribution in [0.5, 0.6) is 0 Å². The van der Waals surface area contributed by atoms with Gasteiger partial charge in [-0.2, -0.15) is 5.26 Å². The molecule has 1 heterocycles. The first-order valence-electron chi connectivity index (χ1n) is 6.37.